The number of fused-ring (bicyclic) bond motifs is 1. The molecule has 148 valence electrons. The van der Waals surface area contributed by atoms with Gasteiger partial charge in [-0.25, -0.2) is 9.97 Å². The molecule has 0 radical (unpaired) electrons. The summed E-state index contributed by atoms with van der Waals surface area (Å²) in [5.74, 6) is 0.997. The molecule has 5 rings (SSSR count). The van der Waals surface area contributed by atoms with Crippen LogP contribution in [0.5, 0.6) is 0 Å². The van der Waals surface area contributed by atoms with Gasteiger partial charge >= 0.3 is 0 Å². The summed E-state index contributed by atoms with van der Waals surface area (Å²) in [6, 6.07) is 7.39. The summed E-state index contributed by atoms with van der Waals surface area (Å²) < 4.78 is 0. The van der Waals surface area contributed by atoms with E-state index in [1.165, 1.54) is 11.3 Å². The maximum atomic E-state index is 13.1. The number of para-hydroxylation sites is 1. The van der Waals surface area contributed by atoms with Gasteiger partial charge in [0, 0.05) is 17.3 Å². The molecule has 3 aromatic rings. The Labute approximate surface area is 172 Å². The topological polar surface area (TPSA) is 84.0 Å². The van der Waals surface area contributed by atoms with Gasteiger partial charge in [0.25, 0.3) is 11.8 Å². The van der Waals surface area contributed by atoms with Crippen LogP contribution >= 0.6 is 11.3 Å². The highest BCUT2D eigenvalue weighted by Gasteiger charge is 2.29. The van der Waals surface area contributed by atoms with Crippen LogP contribution in [-0.2, 0) is 0 Å². The molecule has 2 aromatic heterocycles. The first kappa shape index (κ1) is 18.2. The summed E-state index contributed by atoms with van der Waals surface area (Å²) in [7, 11) is 0. The van der Waals surface area contributed by atoms with Crippen molar-refractivity contribution in [3.8, 4) is 0 Å². The van der Waals surface area contributed by atoms with E-state index < -0.39 is 0 Å². The summed E-state index contributed by atoms with van der Waals surface area (Å²) in [5.41, 5.74) is 2.82. The molecule has 2 aliphatic rings. The van der Waals surface area contributed by atoms with Gasteiger partial charge in [-0.15, -0.1) is 11.3 Å². The van der Waals surface area contributed by atoms with Gasteiger partial charge < -0.3 is 10.6 Å². The van der Waals surface area contributed by atoms with Crippen molar-refractivity contribution in [2.24, 2.45) is 0 Å². The highest BCUT2D eigenvalue weighted by molar-refractivity contribution is 7.20. The molecule has 0 atom stereocenters. The van der Waals surface area contributed by atoms with Crippen LogP contribution in [0.3, 0.4) is 0 Å². The predicted octanol–water partition coefficient (Wildman–Crippen LogP) is 4.33. The average Bonchev–Trinajstić information content (AvgIpc) is 3.61. The Morgan fingerprint density at radius 2 is 1.79 bits per heavy atom. The molecule has 0 aliphatic heterocycles. The number of nitrogens with zero attached hydrogens (tertiary/aromatic N) is 2. The quantitative estimate of drug-likeness (QED) is 0.661. The van der Waals surface area contributed by atoms with Crippen LogP contribution in [0.2, 0.25) is 0 Å². The second kappa shape index (κ2) is 6.91. The second-order valence-electron chi connectivity index (χ2n) is 7.93. The second-order valence-corrected chi connectivity index (χ2v) is 8.92. The van der Waals surface area contributed by atoms with Crippen molar-refractivity contribution >= 4 is 39.1 Å². The smallest absolute Gasteiger partial charge is 0.266 e. The molecule has 2 N–H and O–H groups in total. The van der Waals surface area contributed by atoms with Crippen LogP contribution in [0.15, 0.2) is 24.3 Å². The molecule has 1 aromatic carbocycles. The van der Waals surface area contributed by atoms with Crippen molar-refractivity contribution in [1.29, 1.82) is 0 Å². The van der Waals surface area contributed by atoms with E-state index in [0.717, 1.165) is 53.0 Å². The van der Waals surface area contributed by atoms with Gasteiger partial charge in [-0.1, -0.05) is 12.1 Å². The van der Waals surface area contributed by atoms with Gasteiger partial charge in [-0.05, 0) is 57.2 Å². The van der Waals surface area contributed by atoms with Crippen molar-refractivity contribution in [2.45, 2.75) is 51.5 Å². The van der Waals surface area contributed by atoms with Gasteiger partial charge in [0.15, 0.2) is 0 Å². The minimum atomic E-state index is -0.218. The van der Waals surface area contributed by atoms with Crippen molar-refractivity contribution in [3.63, 3.8) is 0 Å². The third-order valence-electron chi connectivity index (χ3n) is 5.47. The van der Waals surface area contributed by atoms with Crippen molar-refractivity contribution < 1.29 is 9.59 Å². The Kier molecular flexibility index (Phi) is 4.35. The zero-order valence-electron chi connectivity index (χ0n) is 16.4. The molecule has 2 saturated carbocycles. The lowest BCUT2D eigenvalue weighted by Crippen LogP contribution is -2.26. The Morgan fingerprint density at radius 3 is 2.52 bits per heavy atom. The van der Waals surface area contributed by atoms with Crippen LogP contribution in [-0.4, -0.2) is 27.8 Å². The lowest BCUT2D eigenvalue weighted by Gasteiger charge is -2.11. The summed E-state index contributed by atoms with van der Waals surface area (Å²) in [6.07, 6.45) is 4.32. The number of aryl methyl sites for hydroxylation is 2. The van der Waals surface area contributed by atoms with Crippen molar-refractivity contribution in [2.75, 3.05) is 5.32 Å². The summed E-state index contributed by atoms with van der Waals surface area (Å²) in [4.78, 5) is 36.4. The molecule has 29 heavy (non-hydrogen) atoms. The first-order chi connectivity index (χ1) is 14.0. The van der Waals surface area contributed by atoms with Gasteiger partial charge in [0.1, 0.15) is 10.7 Å². The zero-order chi connectivity index (χ0) is 20.1. The minimum absolute atomic E-state index is 0.146. The van der Waals surface area contributed by atoms with E-state index in [0.29, 0.717) is 22.0 Å². The Balaban J connectivity index is 1.45. The van der Waals surface area contributed by atoms with Gasteiger partial charge in [0.05, 0.1) is 21.8 Å². The van der Waals surface area contributed by atoms with E-state index in [2.05, 4.69) is 15.6 Å². The van der Waals surface area contributed by atoms with Crippen LogP contribution in [0.1, 0.15) is 68.7 Å². The molecule has 0 saturated heterocycles. The molecule has 2 fully saturated rings. The summed E-state index contributed by atoms with van der Waals surface area (Å²) >= 11 is 1.40. The number of aromatic nitrogens is 2. The van der Waals surface area contributed by atoms with E-state index in [4.69, 9.17) is 4.98 Å². The van der Waals surface area contributed by atoms with Crippen molar-refractivity contribution in [3.05, 3.63) is 51.8 Å². The number of nitrogens with one attached hydrogen (secondary N) is 2. The molecule has 6 nitrogen and oxygen atoms in total. The highest BCUT2D eigenvalue weighted by atomic mass is 32.1. The predicted molar refractivity (Wildman–Crippen MR) is 114 cm³/mol. The fourth-order valence-corrected chi connectivity index (χ4v) is 4.69. The standard InChI is InChI=1S/C22H22N4O2S/c1-11-17-12(2)23-19(13-7-8-13)26-22(17)29-18(11)21(28)25-16-6-4-3-5-15(16)20(27)24-14-9-10-14/h3-6,13-14H,7-10H2,1-2H3,(H,24,27)(H,25,28). The SMILES string of the molecule is Cc1nc(C2CC2)nc2sc(C(=O)Nc3ccccc3C(=O)NC3CC3)c(C)c12. The molecular formula is C22H22N4O2S. The number of hydrogen-bond acceptors (Lipinski definition) is 5. The van der Waals surface area contributed by atoms with Crippen LogP contribution in [0.25, 0.3) is 10.2 Å². The summed E-state index contributed by atoms with van der Waals surface area (Å²) in [5, 5.41) is 6.88. The number of benzene rings is 1. The fraction of sp³-hybridized carbons (Fsp3) is 0.364. The third kappa shape index (κ3) is 3.51. The Bertz CT molecular complexity index is 1150. The molecule has 2 amide bonds. The number of rotatable bonds is 5. The lowest BCUT2D eigenvalue weighted by molar-refractivity contribution is 0.0952. The molecule has 0 unspecified atom stereocenters. The van der Waals surface area contributed by atoms with Gasteiger partial charge in [-0.2, -0.15) is 0 Å². The zero-order valence-corrected chi connectivity index (χ0v) is 17.2. The van der Waals surface area contributed by atoms with E-state index in [9.17, 15) is 9.59 Å². The number of amides is 2. The van der Waals surface area contributed by atoms with E-state index in [-0.39, 0.29) is 17.9 Å². The number of thiophene rings is 1. The summed E-state index contributed by atoms with van der Waals surface area (Å²) in [6.45, 7) is 3.92. The van der Waals surface area contributed by atoms with Crippen molar-refractivity contribution in [1.82, 2.24) is 15.3 Å². The Hall–Kier alpha value is -2.80. The largest absolute Gasteiger partial charge is 0.349 e. The first-order valence-electron chi connectivity index (χ1n) is 10.00. The third-order valence-corrected chi connectivity index (χ3v) is 6.65. The van der Waals surface area contributed by atoms with Crippen LogP contribution in [0.4, 0.5) is 5.69 Å². The van der Waals surface area contributed by atoms with Crippen LogP contribution in [0, 0.1) is 13.8 Å². The minimum Gasteiger partial charge on any atom is -0.349 e. The fourth-order valence-electron chi connectivity index (χ4n) is 3.56. The number of hydrogen-bond donors (Lipinski definition) is 2. The van der Waals surface area contributed by atoms with Gasteiger partial charge in [0.2, 0.25) is 0 Å². The first-order valence-corrected chi connectivity index (χ1v) is 10.8. The van der Waals surface area contributed by atoms with E-state index >= 15 is 0 Å². The van der Waals surface area contributed by atoms with E-state index in [1.807, 2.05) is 19.9 Å². The molecule has 0 bridgehead atoms. The molecular weight excluding hydrogens is 384 g/mol. The number of anilines is 1. The molecule has 2 heterocycles. The monoisotopic (exact) mass is 406 g/mol. The number of carbonyl (C=O) groups excluding carboxylic acids is 2. The maximum Gasteiger partial charge on any atom is 0.266 e. The van der Waals surface area contributed by atoms with E-state index in [1.54, 1.807) is 18.2 Å². The normalized spacial score (nSPS) is 16.1. The molecule has 0 spiro atoms. The lowest BCUT2D eigenvalue weighted by atomic mass is 10.1. The average molecular weight is 407 g/mol. The van der Waals surface area contributed by atoms with Gasteiger partial charge in [-0.3, -0.25) is 9.59 Å². The van der Waals surface area contributed by atoms with Crippen LogP contribution < -0.4 is 10.6 Å². The molecule has 2 aliphatic carbocycles. The Morgan fingerprint density at radius 1 is 1.03 bits per heavy atom. The number of carbonyl (C=O) groups is 2. The highest BCUT2D eigenvalue weighted by Crippen LogP contribution is 2.40. The molecule has 7 heteroatoms. The maximum absolute atomic E-state index is 13.1.